The van der Waals surface area contributed by atoms with Crippen LogP contribution in [0, 0.1) is 6.92 Å². The van der Waals surface area contributed by atoms with Crippen molar-refractivity contribution in [1.82, 2.24) is 20.6 Å². The van der Waals surface area contributed by atoms with E-state index in [0.717, 1.165) is 15.7 Å². The summed E-state index contributed by atoms with van der Waals surface area (Å²) in [6, 6.07) is 9.35. The standard InChI is InChI=1S/C15H17BrN4O/c1-10(12-3-5-13(16)6-4-12)19-15(21)18-9-14-7-8-17-11(2)20-14/h3-8,10H,9H2,1-2H3,(H2,18,19,21). The van der Waals surface area contributed by atoms with E-state index in [-0.39, 0.29) is 12.1 Å². The van der Waals surface area contributed by atoms with Crippen LogP contribution in [0.15, 0.2) is 41.0 Å². The Morgan fingerprint density at radius 1 is 1.29 bits per heavy atom. The number of aryl methyl sites for hydroxylation is 1. The van der Waals surface area contributed by atoms with Gasteiger partial charge in [-0.3, -0.25) is 0 Å². The number of nitrogens with one attached hydrogen (secondary N) is 2. The van der Waals surface area contributed by atoms with E-state index in [0.29, 0.717) is 12.4 Å². The second-order valence-electron chi connectivity index (χ2n) is 4.70. The Labute approximate surface area is 132 Å². The van der Waals surface area contributed by atoms with Crippen molar-refractivity contribution in [3.8, 4) is 0 Å². The number of carbonyl (C=O) groups is 1. The minimum absolute atomic E-state index is 0.0646. The molecule has 5 nitrogen and oxygen atoms in total. The molecular weight excluding hydrogens is 332 g/mol. The van der Waals surface area contributed by atoms with Crippen molar-refractivity contribution in [3.05, 3.63) is 58.1 Å². The van der Waals surface area contributed by atoms with E-state index in [1.807, 2.05) is 38.1 Å². The molecule has 0 aliphatic carbocycles. The molecule has 0 radical (unpaired) electrons. The molecule has 1 aromatic heterocycles. The van der Waals surface area contributed by atoms with E-state index in [4.69, 9.17) is 0 Å². The Morgan fingerprint density at radius 3 is 2.67 bits per heavy atom. The average Bonchev–Trinajstić information content (AvgIpc) is 2.46. The van der Waals surface area contributed by atoms with E-state index in [1.165, 1.54) is 0 Å². The topological polar surface area (TPSA) is 66.9 Å². The van der Waals surface area contributed by atoms with Crippen molar-refractivity contribution >= 4 is 22.0 Å². The van der Waals surface area contributed by atoms with E-state index >= 15 is 0 Å². The van der Waals surface area contributed by atoms with Gasteiger partial charge in [-0.05, 0) is 37.6 Å². The van der Waals surface area contributed by atoms with Crippen LogP contribution in [-0.2, 0) is 6.54 Å². The van der Waals surface area contributed by atoms with Gasteiger partial charge in [-0.1, -0.05) is 28.1 Å². The molecule has 0 fully saturated rings. The van der Waals surface area contributed by atoms with Gasteiger partial charge in [0.25, 0.3) is 0 Å². The highest BCUT2D eigenvalue weighted by atomic mass is 79.9. The molecule has 2 N–H and O–H groups in total. The second-order valence-corrected chi connectivity index (χ2v) is 5.61. The van der Waals surface area contributed by atoms with Crippen molar-refractivity contribution in [2.24, 2.45) is 0 Å². The summed E-state index contributed by atoms with van der Waals surface area (Å²) in [5.74, 6) is 0.693. The van der Waals surface area contributed by atoms with Gasteiger partial charge in [0, 0.05) is 10.7 Å². The van der Waals surface area contributed by atoms with Crippen LogP contribution >= 0.6 is 15.9 Å². The smallest absolute Gasteiger partial charge is 0.315 e. The molecule has 0 aliphatic rings. The van der Waals surface area contributed by atoms with Crippen molar-refractivity contribution in [3.63, 3.8) is 0 Å². The van der Waals surface area contributed by atoms with E-state index in [1.54, 1.807) is 12.3 Å². The van der Waals surface area contributed by atoms with Crippen LogP contribution in [-0.4, -0.2) is 16.0 Å². The number of urea groups is 1. The lowest BCUT2D eigenvalue weighted by atomic mass is 10.1. The third-order valence-corrected chi connectivity index (χ3v) is 3.51. The molecule has 0 spiro atoms. The number of nitrogens with zero attached hydrogens (tertiary/aromatic N) is 2. The molecule has 110 valence electrons. The van der Waals surface area contributed by atoms with Crippen molar-refractivity contribution < 1.29 is 4.79 Å². The van der Waals surface area contributed by atoms with Gasteiger partial charge < -0.3 is 10.6 Å². The molecule has 0 bridgehead atoms. The summed E-state index contributed by atoms with van der Waals surface area (Å²) in [5.41, 5.74) is 1.83. The third kappa shape index (κ3) is 4.82. The number of carbonyl (C=O) groups excluding carboxylic acids is 1. The number of hydrogen-bond acceptors (Lipinski definition) is 3. The molecule has 2 rings (SSSR count). The number of benzene rings is 1. The summed E-state index contributed by atoms with van der Waals surface area (Å²) in [4.78, 5) is 20.1. The van der Waals surface area contributed by atoms with Crippen molar-refractivity contribution in [2.75, 3.05) is 0 Å². The molecule has 1 heterocycles. The fourth-order valence-electron chi connectivity index (χ4n) is 1.86. The van der Waals surface area contributed by atoms with Gasteiger partial charge in [0.1, 0.15) is 5.82 Å². The number of rotatable bonds is 4. The highest BCUT2D eigenvalue weighted by molar-refractivity contribution is 9.10. The zero-order chi connectivity index (χ0) is 15.2. The number of hydrogen-bond donors (Lipinski definition) is 2. The van der Waals surface area contributed by atoms with E-state index in [2.05, 4.69) is 36.5 Å². The van der Waals surface area contributed by atoms with Crippen molar-refractivity contribution in [1.29, 1.82) is 0 Å². The summed E-state index contributed by atoms with van der Waals surface area (Å²) in [6.07, 6.45) is 1.68. The molecule has 6 heteroatoms. The quantitative estimate of drug-likeness (QED) is 0.891. The first-order valence-electron chi connectivity index (χ1n) is 6.63. The SMILES string of the molecule is Cc1nccc(CNC(=O)NC(C)c2ccc(Br)cc2)n1. The maximum absolute atomic E-state index is 11.9. The summed E-state index contributed by atoms with van der Waals surface area (Å²) in [6.45, 7) is 4.14. The van der Waals surface area contributed by atoms with Crippen LogP contribution in [0.5, 0.6) is 0 Å². The maximum atomic E-state index is 11.9. The predicted octanol–water partition coefficient (Wildman–Crippen LogP) is 3.11. The van der Waals surface area contributed by atoms with E-state index < -0.39 is 0 Å². The Balaban J connectivity index is 1.85. The predicted molar refractivity (Wildman–Crippen MR) is 84.7 cm³/mol. The van der Waals surface area contributed by atoms with Gasteiger partial charge in [-0.25, -0.2) is 14.8 Å². The van der Waals surface area contributed by atoms with Gasteiger partial charge in [0.05, 0.1) is 18.3 Å². The second kappa shape index (κ2) is 7.17. The summed E-state index contributed by atoms with van der Waals surface area (Å²) >= 11 is 3.39. The van der Waals surface area contributed by atoms with Crippen LogP contribution in [0.2, 0.25) is 0 Å². The first-order chi connectivity index (χ1) is 10.0. The van der Waals surface area contributed by atoms with Crippen molar-refractivity contribution in [2.45, 2.75) is 26.4 Å². The molecule has 21 heavy (non-hydrogen) atoms. The molecule has 1 aromatic carbocycles. The molecule has 2 aromatic rings. The summed E-state index contributed by atoms with van der Waals surface area (Å²) in [5, 5.41) is 5.68. The maximum Gasteiger partial charge on any atom is 0.315 e. The lowest BCUT2D eigenvalue weighted by Gasteiger charge is -2.15. The molecule has 0 saturated carbocycles. The van der Waals surface area contributed by atoms with Crippen LogP contribution in [0.25, 0.3) is 0 Å². The minimum Gasteiger partial charge on any atom is -0.332 e. The largest absolute Gasteiger partial charge is 0.332 e. The molecule has 0 saturated heterocycles. The first kappa shape index (κ1) is 15.4. The molecule has 1 unspecified atom stereocenters. The third-order valence-electron chi connectivity index (χ3n) is 2.98. The van der Waals surface area contributed by atoms with Crippen LogP contribution in [0.3, 0.4) is 0 Å². The summed E-state index contributed by atoms with van der Waals surface area (Å²) < 4.78 is 1.02. The zero-order valence-electron chi connectivity index (χ0n) is 11.9. The fourth-order valence-corrected chi connectivity index (χ4v) is 2.12. The monoisotopic (exact) mass is 348 g/mol. The Bertz CT molecular complexity index is 615. The van der Waals surface area contributed by atoms with Gasteiger partial charge in [0.2, 0.25) is 0 Å². The molecular formula is C15H17BrN4O. The van der Waals surface area contributed by atoms with Crippen LogP contribution < -0.4 is 10.6 Å². The average molecular weight is 349 g/mol. The zero-order valence-corrected chi connectivity index (χ0v) is 13.5. The van der Waals surface area contributed by atoms with Gasteiger partial charge in [-0.2, -0.15) is 0 Å². The van der Waals surface area contributed by atoms with Crippen LogP contribution in [0.4, 0.5) is 4.79 Å². The van der Waals surface area contributed by atoms with Gasteiger partial charge in [-0.15, -0.1) is 0 Å². The first-order valence-corrected chi connectivity index (χ1v) is 7.42. The fraction of sp³-hybridized carbons (Fsp3) is 0.267. The lowest BCUT2D eigenvalue weighted by Crippen LogP contribution is -2.36. The molecule has 1 atom stereocenters. The summed E-state index contributed by atoms with van der Waals surface area (Å²) in [7, 11) is 0. The molecule has 2 amide bonds. The minimum atomic E-state index is -0.221. The number of amides is 2. The Morgan fingerprint density at radius 2 is 2.00 bits per heavy atom. The molecule has 0 aliphatic heterocycles. The normalized spacial score (nSPS) is 11.8. The number of aromatic nitrogens is 2. The lowest BCUT2D eigenvalue weighted by molar-refractivity contribution is 0.237. The van der Waals surface area contributed by atoms with Gasteiger partial charge in [0.15, 0.2) is 0 Å². The van der Waals surface area contributed by atoms with Crippen LogP contribution in [0.1, 0.15) is 30.0 Å². The highest BCUT2D eigenvalue weighted by Gasteiger charge is 2.09. The number of halogens is 1. The van der Waals surface area contributed by atoms with E-state index in [9.17, 15) is 4.79 Å². The highest BCUT2D eigenvalue weighted by Crippen LogP contribution is 2.16. The van der Waals surface area contributed by atoms with Gasteiger partial charge >= 0.3 is 6.03 Å². The Hall–Kier alpha value is -1.95. The Kier molecular flexibility index (Phi) is 5.27.